The van der Waals surface area contributed by atoms with Gasteiger partial charge in [0, 0.05) is 25.7 Å². The zero-order valence-corrected chi connectivity index (χ0v) is 24.6. The van der Waals surface area contributed by atoms with E-state index in [-0.39, 0.29) is 0 Å². The molecule has 0 N–H and O–H groups in total. The van der Waals surface area contributed by atoms with E-state index in [4.69, 9.17) is 4.74 Å². The molecule has 0 aromatic heterocycles. The maximum Gasteiger partial charge on any atom is 0.0599 e. The normalized spacial score (nSPS) is 21.0. The first-order chi connectivity index (χ1) is 15.6. The lowest BCUT2D eigenvalue weighted by Crippen LogP contribution is -2.35. The third-order valence-electron chi connectivity index (χ3n) is 6.40. The second-order valence-corrected chi connectivity index (χ2v) is 8.64. The van der Waals surface area contributed by atoms with Crippen LogP contribution in [0.15, 0.2) is 0 Å². The first kappa shape index (κ1) is 36.4. The van der Waals surface area contributed by atoms with Gasteiger partial charge in [-0.15, -0.1) is 0 Å². The quantitative estimate of drug-likeness (QED) is 0.321. The topological polar surface area (TPSA) is 15.7 Å². The van der Waals surface area contributed by atoms with Crippen molar-refractivity contribution in [3.05, 3.63) is 0 Å². The van der Waals surface area contributed by atoms with E-state index in [9.17, 15) is 0 Å². The van der Waals surface area contributed by atoms with Crippen molar-refractivity contribution in [1.82, 2.24) is 9.80 Å². The summed E-state index contributed by atoms with van der Waals surface area (Å²) in [6.07, 6.45) is 15.4. The van der Waals surface area contributed by atoms with E-state index in [1.165, 1.54) is 90.3 Å². The molecule has 1 aliphatic heterocycles. The number of piperidine rings is 1. The van der Waals surface area contributed by atoms with Crippen molar-refractivity contribution >= 4 is 0 Å². The number of rotatable bonds is 9. The van der Waals surface area contributed by atoms with E-state index in [1.807, 2.05) is 41.5 Å². The molecule has 1 saturated heterocycles. The Labute approximate surface area is 206 Å². The third-order valence-corrected chi connectivity index (χ3v) is 6.40. The van der Waals surface area contributed by atoms with Crippen LogP contribution in [0, 0.1) is 5.92 Å². The van der Waals surface area contributed by atoms with Crippen LogP contribution in [0.25, 0.3) is 0 Å². The Balaban J connectivity index is -0.000000429. The standard InChI is InChI=1S/C13H27N.C10H21NO.3C2H6/c1-4-6-11-14(3)13-9-7-12(5-2)8-10-13;1-3-4-9-12-10-5-7-11(2)8-6-10;3*1-2/h12-13H,4-11H2,1-3H3;10H,3-9H2,1-2H3;3*1-2H3. The second kappa shape index (κ2) is 28.9. The lowest BCUT2D eigenvalue weighted by atomic mass is 9.84. The van der Waals surface area contributed by atoms with Crippen molar-refractivity contribution in [3.63, 3.8) is 0 Å². The van der Waals surface area contributed by atoms with Crippen LogP contribution in [0.3, 0.4) is 0 Å². The Morgan fingerprint density at radius 1 is 0.750 bits per heavy atom. The second-order valence-electron chi connectivity index (χ2n) is 8.64. The molecular weight excluding hydrogens is 392 g/mol. The Morgan fingerprint density at radius 2 is 1.25 bits per heavy atom. The molecule has 0 aromatic rings. The van der Waals surface area contributed by atoms with Crippen molar-refractivity contribution in [2.45, 2.75) is 145 Å². The zero-order valence-electron chi connectivity index (χ0n) is 24.6. The number of hydrogen-bond acceptors (Lipinski definition) is 3. The van der Waals surface area contributed by atoms with Crippen LogP contribution in [-0.4, -0.2) is 62.3 Å². The van der Waals surface area contributed by atoms with Gasteiger partial charge in [0.25, 0.3) is 0 Å². The summed E-state index contributed by atoms with van der Waals surface area (Å²) in [7, 11) is 4.49. The molecule has 1 saturated carbocycles. The Morgan fingerprint density at radius 3 is 1.69 bits per heavy atom. The molecule has 1 aliphatic carbocycles. The highest BCUT2D eigenvalue weighted by molar-refractivity contribution is 4.77. The molecule has 198 valence electrons. The zero-order chi connectivity index (χ0) is 25.2. The fourth-order valence-corrected chi connectivity index (χ4v) is 4.13. The van der Waals surface area contributed by atoms with Gasteiger partial charge in [-0.1, -0.05) is 81.6 Å². The van der Waals surface area contributed by atoms with Crippen LogP contribution < -0.4 is 0 Å². The number of hydrogen-bond donors (Lipinski definition) is 0. The molecule has 32 heavy (non-hydrogen) atoms. The SMILES string of the molecule is CC.CC.CC.CCCCN(C)C1CCC(CC)CC1.CCCCOC1CCN(C)CC1. The monoisotopic (exact) mass is 459 g/mol. The Bertz CT molecular complexity index is 308. The van der Waals surface area contributed by atoms with E-state index in [0.717, 1.165) is 18.6 Å². The molecule has 0 unspecified atom stereocenters. The van der Waals surface area contributed by atoms with E-state index >= 15 is 0 Å². The first-order valence-electron chi connectivity index (χ1n) is 14.6. The maximum absolute atomic E-state index is 5.74. The average molecular weight is 459 g/mol. The average Bonchev–Trinajstić information content (AvgIpc) is 2.88. The van der Waals surface area contributed by atoms with Crippen molar-refractivity contribution < 1.29 is 4.74 Å². The molecule has 0 amide bonds. The van der Waals surface area contributed by atoms with Gasteiger partial charge >= 0.3 is 0 Å². The van der Waals surface area contributed by atoms with Crippen LogP contribution in [0.1, 0.15) is 133 Å². The molecule has 2 rings (SSSR count). The van der Waals surface area contributed by atoms with Crippen LogP contribution in [0.2, 0.25) is 0 Å². The summed E-state index contributed by atoms with van der Waals surface area (Å²) in [6.45, 7) is 23.5. The molecule has 0 spiro atoms. The molecular formula is C29H66N2O. The first-order valence-corrected chi connectivity index (χ1v) is 14.6. The number of unbranched alkanes of at least 4 members (excludes halogenated alkanes) is 2. The smallest absolute Gasteiger partial charge is 0.0599 e. The van der Waals surface area contributed by atoms with Gasteiger partial charge in [-0.3, -0.25) is 0 Å². The van der Waals surface area contributed by atoms with Crippen LogP contribution in [0.5, 0.6) is 0 Å². The van der Waals surface area contributed by atoms with Crippen LogP contribution >= 0.6 is 0 Å². The summed E-state index contributed by atoms with van der Waals surface area (Å²) in [5.41, 5.74) is 0. The number of likely N-dealkylation sites (tertiary alicyclic amines) is 1. The van der Waals surface area contributed by atoms with Crippen molar-refractivity contribution in [2.24, 2.45) is 5.92 Å². The van der Waals surface area contributed by atoms with Gasteiger partial charge in [0.2, 0.25) is 0 Å². The Hall–Kier alpha value is -0.120. The number of ether oxygens (including phenoxy) is 1. The molecule has 0 radical (unpaired) electrons. The third kappa shape index (κ3) is 20.5. The largest absolute Gasteiger partial charge is 0.378 e. The van der Waals surface area contributed by atoms with Crippen LogP contribution in [0.4, 0.5) is 0 Å². The maximum atomic E-state index is 5.74. The van der Waals surface area contributed by atoms with Gasteiger partial charge in [0.15, 0.2) is 0 Å². The number of nitrogens with zero attached hydrogens (tertiary/aromatic N) is 2. The molecule has 2 aliphatic rings. The Kier molecular flexibility index (Phi) is 32.9. The highest BCUT2D eigenvalue weighted by Gasteiger charge is 2.22. The highest BCUT2D eigenvalue weighted by Crippen LogP contribution is 2.28. The highest BCUT2D eigenvalue weighted by atomic mass is 16.5. The van der Waals surface area contributed by atoms with E-state index in [1.54, 1.807) is 0 Å². The minimum Gasteiger partial charge on any atom is -0.378 e. The predicted octanol–water partition coefficient (Wildman–Crippen LogP) is 8.66. The molecule has 3 nitrogen and oxygen atoms in total. The van der Waals surface area contributed by atoms with Gasteiger partial charge in [-0.2, -0.15) is 0 Å². The minimum atomic E-state index is 0.549. The predicted molar refractivity (Wildman–Crippen MR) is 149 cm³/mol. The van der Waals surface area contributed by atoms with Gasteiger partial charge in [-0.25, -0.2) is 0 Å². The summed E-state index contributed by atoms with van der Waals surface area (Å²) < 4.78 is 5.74. The fraction of sp³-hybridized carbons (Fsp3) is 1.00. The molecule has 1 heterocycles. The molecule has 3 heteroatoms. The molecule has 2 fully saturated rings. The van der Waals surface area contributed by atoms with Crippen LogP contribution in [-0.2, 0) is 4.74 Å². The molecule has 0 atom stereocenters. The fourth-order valence-electron chi connectivity index (χ4n) is 4.13. The summed E-state index contributed by atoms with van der Waals surface area (Å²) in [6, 6.07) is 0.893. The summed E-state index contributed by atoms with van der Waals surface area (Å²) >= 11 is 0. The summed E-state index contributed by atoms with van der Waals surface area (Å²) in [4.78, 5) is 4.97. The van der Waals surface area contributed by atoms with Crippen molar-refractivity contribution in [2.75, 3.05) is 40.3 Å². The molecule has 0 aromatic carbocycles. The minimum absolute atomic E-state index is 0.549. The summed E-state index contributed by atoms with van der Waals surface area (Å²) in [5, 5.41) is 0. The van der Waals surface area contributed by atoms with Gasteiger partial charge in [-0.05, 0) is 77.9 Å². The lowest BCUT2D eigenvalue weighted by molar-refractivity contribution is 0.0113. The molecule has 0 bridgehead atoms. The lowest BCUT2D eigenvalue weighted by Gasteiger charge is -2.34. The van der Waals surface area contributed by atoms with Crippen molar-refractivity contribution in [3.8, 4) is 0 Å². The van der Waals surface area contributed by atoms with E-state index < -0.39 is 0 Å². The summed E-state index contributed by atoms with van der Waals surface area (Å²) in [5.74, 6) is 1.03. The van der Waals surface area contributed by atoms with Gasteiger partial charge in [0.05, 0.1) is 6.10 Å². The van der Waals surface area contributed by atoms with Gasteiger partial charge < -0.3 is 14.5 Å². The van der Waals surface area contributed by atoms with E-state index in [0.29, 0.717) is 6.10 Å². The van der Waals surface area contributed by atoms with Crippen molar-refractivity contribution in [1.29, 1.82) is 0 Å². The van der Waals surface area contributed by atoms with E-state index in [2.05, 4.69) is 44.7 Å². The van der Waals surface area contributed by atoms with Gasteiger partial charge in [0.1, 0.15) is 0 Å².